The third kappa shape index (κ3) is 19.1. The fourth-order valence-corrected chi connectivity index (χ4v) is 7.11. The Balaban J connectivity index is 3.10. The first-order chi connectivity index (χ1) is 11.6. The van der Waals surface area contributed by atoms with Crippen LogP contribution in [0.25, 0.3) is 0 Å². The van der Waals surface area contributed by atoms with Crippen molar-refractivity contribution in [2.75, 3.05) is 0 Å². The Hall–Kier alpha value is 0.797. The smallest absolute Gasteiger partial charge is 0.146 e. The highest BCUT2D eigenvalue weighted by Gasteiger charge is 2.25. The van der Waals surface area contributed by atoms with Crippen LogP contribution in [0.3, 0.4) is 0 Å². The van der Waals surface area contributed by atoms with Crippen LogP contribution in [0.4, 0.5) is 0 Å². The number of rotatable bonds is 19. The molecular formula is C21H44Cl2Si. The van der Waals surface area contributed by atoms with Gasteiger partial charge in [-0.05, 0) is 12.1 Å². The van der Waals surface area contributed by atoms with Crippen LogP contribution in [0, 0.1) is 0 Å². The highest BCUT2D eigenvalue weighted by Crippen LogP contribution is 2.29. The van der Waals surface area contributed by atoms with Crippen molar-refractivity contribution in [1.82, 2.24) is 0 Å². The predicted molar refractivity (Wildman–Crippen MR) is 117 cm³/mol. The third-order valence-corrected chi connectivity index (χ3v) is 9.60. The fraction of sp³-hybridized carbons (Fsp3) is 1.00. The zero-order chi connectivity index (χ0) is 17.9. The third-order valence-electron chi connectivity index (χ3n) is 5.01. The van der Waals surface area contributed by atoms with E-state index in [1.807, 2.05) is 0 Å². The molecule has 0 atom stereocenters. The lowest BCUT2D eigenvalue weighted by atomic mass is 10.0. The summed E-state index contributed by atoms with van der Waals surface area (Å²) in [5.41, 5.74) is 0. The molecule has 0 aromatic heterocycles. The second kappa shape index (κ2) is 18.6. The van der Waals surface area contributed by atoms with Gasteiger partial charge < -0.3 is 0 Å². The van der Waals surface area contributed by atoms with Crippen molar-refractivity contribution in [3.8, 4) is 0 Å². The number of halogens is 2. The number of hydrogen-bond acceptors (Lipinski definition) is 0. The first-order valence-electron chi connectivity index (χ1n) is 11.0. The van der Waals surface area contributed by atoms with E-state index in [1.165, 1.54) is 103 Å². The van der Waals surface area contributed by atoms with E-state index in [2.05, 4.69) is 13.8 Å². The van der Waals surface area contributed by atoms with Crippen LogP contribution < -0.4 is 0 Å². The maximum absolute atomic E-state index is 6.41. The average Bonchev–Trinajstić information content (AvgIpc) is 2.54. The van der Waals surface area contributed by atoms with E-state index in [1.54, 1.807) is 0 Å². The second-order valence-electron chi connectivity index (χ2n) is 7.66. The number of unbranched alkanes of at least 4 members (excludes halogenated alkanes) is 15. The van der Waals surface area contributed by atoms with Crippen LogP contribution in [-0.2, 0) is 0 Å². The normalized spacial score (nSPS) is 12.0. The Morgan fingerprint density at radius 2 is 0.750 bits per heavy atom. The number of hydrogen-bond donors (Lipinski definition) is 0. The summed E-state index contributed by atoms with van der Waals surface area (Å²) in [7, 11) is 0. The molecule has 0 aliphatic carbocycles. The van der Waals surface area contributed by atoms with E-state index < -0.39 is 6.69 Å². The molecule has 0 amide bonds. The summed E-state index contributed by atoms with van der Waals surface area (Å²) in [6, 6.07) is 2.16. The van der Waals surface area contributed by atoms with Gasteiger partial charge in [0.25, 0.3) is 6.69 Å². The Morgan fingerprint density at radius 1 is 0.417 bits per heavy atom. The zero-order valence-electron chi connectivity index (χ0n) is 16.7. The zero-order valence-corrected chi connectivity index (χ0v) is 19.2. The molecular weight excluding hydrogens is 351 g/mol. The van der Waals surface area contributed by atoms with Crippen LogP contribution in [0.2, 0.25) is 12.1 Å². The summed E-state index contributed by atoms with van der Waals surface area (Å²) in [5, 5.41) is 0. The maximum atomic E-state index is 6.41. The molecule has 0 heterocycles. The van der Waals surface area contributed by atoms with E-state index >= 15 is 0 Å². The van der Waals surface area contributed by atoms with Crippen LogP contribution in [0.5, 0.6) is 0 Å². The molecule has 0 spiro atoms. The molecule has 0 aromatic rings. The SMILES string of the molecule is CCCCCCCCCCCCCCCCCC[Si](Cl)(Cl)CCC. The van der Waals surface area contributed by atoms with Crippen molar-refractivity contribution < 1.29 is 0 Å². The minimum absolute atomic E-state index is 1.06. The van der Waals surface area contributed by atoms with Crippen molar-refractivity contribution in [3.05, 3.63) is 0 Å². The predicted octanol–water partition coefficient (Wildman–Crippen LogP) is 9.58. The molecule has 0 aliphatic rings. The monoisotopic (exact) mass is 394 g/mol. The van der Waals surface area contributed by atoms with Gasteiger partial charge in [0.2, 0.25) is 0 Å². The molecule has 146 valence electrons. The van der Waals surface area contributed by atoms with Gasteiger partial charge in [0, 0.05) is 0 Å². The van der Waals surface area contributed by atoms with E-state index in [-0.39, 0.29) is 0 Å². The first-order valence-corrected chi connectivity index (χ1v) is 15.4. The lowest BCUT2D eigenvalue weighted by Gasteiger charge is -2.14. The minimum Gasteiger partial charge on any atom is -0.146 e. The van der Waals surface area contributed by atoms with Gasteiger partial charge in [0.1, 0.15) is 0 Å². The van der Waals surface area contributed by atoms with Crippen LogP contribution in [0.15, 0.2) is 0 Å². The Labute approximate surface area is 163 Å². The van der Waals surface area contributed by atoms with Gasteiger partial charge in [-0.15, -0.1) is 22.2 Å². The lowest BCUT2D eigenvalue weighted by molar-refractivity contribution is 0.531. The van der Waals surface area contributed by atoms with Gasteiger partial charge in [0.05, 0.1) is 0 Å². The summed E-state index contributed by atoms with van der Waals surface area (Å²) in [4.78, 5) is 0. The highest BCUT2D eigenvalue weighted by molar-refractivity contribution is 7.45. The van der Waals surface area contributed by atoms with Gasteiger partial charge in [-0.25, -0.2) is 0 Å². The molecule has 0 saturated heterocycles. The van der Waals surface area contributed by atoms with Crippen LogP contribution in [-0.4, -0.2) is 6.69 Å². The maximum Gasteiger partial charge on any atom is 0.251 e. The quantitative estimate of drug-likeness (QED) is 0.116. The molecule has 0 saturated carbocycles. The van der Waals surface area contributed by atoms with Crippen molar-refractivity contribution in [2.24, 2.45) is 0 Å². The van der Waals surface area contributed by atoms with Crippen molar-refractivity contribution in [2.45, 2.75) is 135 Å². The molecule has 0 radical (unpaired) electrons. The molecule has 0 unspecified atom stereocenters. The first kappa shape index (κ1) is 24.8. The van der Waals surface area contributed by atoms with Gasteiger partial charge in [-0.1, -0.05) is 123 Å². The van der Waals surface area contributed by atoms with Crippen LogP contribution >= 0.6 is 22.2 Å². The minimum atomic E-state index is -1.87. The Bertz CT molecular complexity index is 244. The summed E-state index contributed by atoms with van der Waals surface area (Å²) in [6.45, 7) is 2.61. The Kier molecular flexibility index (Phi) is 19.2. The topological polar surface area (TPSA) is 0 Å². The van der Waals surface area contributed by atoms with Crippen LogP contribution in [0.1, 0.15) is 123 Å². The van der Waals surface area contributed by atoms with Gasteiger partial charge >= 0.3 is 0 Å². The van der Waals surface area contributed by atoms with Crippen molar-refractivity contribution in [3.63, 3.8) is 0 Å². The molecule has 0 aromatic carbocycles. The molecule has 0 bridgehead atoms. The second-order valence-corrected chi connectivity index (χ2v) is 15.3. The van der Waals surface area contributed by atoms with Crippen molar-refractivity contribution in [1.29, 1.82) is 0 Å². The fourth-order valence-electron chi connectivity index (χ4n) is 3.42. The van der Waals surface area contributed by atoms with E-state index in [9.17, 15) is 0 Å². The Morgan fingerprint density at radius 3 is 1.08 bits per heavy atom. The van der Waals surface area contributed by atoms with E-state index in [0.717, 1.165) is 18.5 Å². The molecule has 0 rings (SSSR count). The molecule has 0 fully saturated rings. The molecule has 0 nitrogen and oxygen atoms in total. The van der Waals surface area contributed by atoms with Gasteiger partial charge in [-0.3, -0.25) is 0 Å². The summed E-state index contributed by atoms with van der Waals surface area (Å²) in [6.07, 6.45) is 23.8. The van der Waals surface area contributed by atoms with E-state index in [4.69, 9.17) is 22.2 Å². The molecule has 3 heteroatoms. The van der Waals surface area contributed by atoms with E-state index in [0.29, 0.717) is 0 Å². The molecule has 0 N–H and O–H groups in total. The van der Waals surface area contributed by atoms with Gasteiger partial charge in [0.15, 0.2) is 0 Å². The lowest BCUT2D eigenvalue weighted by Crippen LogP contribution is -2.17. The largest absolute Gasteiger partial charge is 0.251 e. The molecule has 24 heavy (non-hydrogen) atoms. The summed E-state index contributed by atoms with van der Waals surface area (Å²) >= 11 is 12.8. The summed E-state index contributed by atoms with van der Waals surface area (Å²) in [5.74, 6) is 0. The van der Waals surface area contributed by atoms with Crippen molar-refractivity contribution >= 4 is 28.9 Å². The molecule has 0 aliphatic heterocycles. The summed E-state index contributed by atoms with van der Waals surface area (Å²) < 4.78 is 0. The highest BCUT2D eigenvalue weighted by atomic mass is 35.7. The van der Waals surface area contributed by atoms with Gasteiger partial charge in [-0.2, -0.15) is 0 Å². The standard InChI is InChI=1S/C21H44Cl2Si/c1-3-5-6-7-8-9-10-11-12-13-14-15-16-17-18-19-21-24(22,23)20-4-2/h3-21H2,1-2H3. The average molecular weight is 396 g/mol.